The van der Waals surface area contributed by atoms with Gasteiger partial charge in [-0.25, -0.2) is 14.6 Å². The van der Waals surface area contributed by atoms with E-state index in [1.54, 1.807) is 27.7 Å². The molecule has 2 aliphatic rings. The Hall–Kier alpha value is -3.32. The molecule has 21 heteroatoms. The van der Waals surface area contributed by atoms with Crippen LogP contribution in [0.15, 0.2) is 6.33 Å². The number of amides is 1. The van der Waals surface area contributed by atoms with Crippen molar-refractivity contribution in [3.05, 3.63) is 11.6 Å². The van der Waals surface area contributed by atoms with Gasteiger partial charge in [-0.05, 0) is 52.1 Å². The minimum Gasteiger partial charge on any atom is -0.432 e. The van der Waals surface area contributed by atoms with Crippen LogP contribution in [0, 0.1) is 0 Å². The number of rotatable bonds is 15. The molecule has 1 saturated carbocycles. The van der Waals surface area contributed by atoms with Gasteiger partial charge in [-0.15, -0.1) is 0 Å². The molecule has 2 fully saturated rings. The maximum absolute atomic E-state index is 13.5. The highest BCUT2D eigenvalue weighted by molar-refractivity contribution is 7.54. The lowest BCUT2D eigenvalue weighted by Crippen LogP contribution is -2.41. The summed E-state index contributed by atoms with van der Waals surface area (Å²) < 4.78 is 50.2. The van der Waals surface area contributed by atoms with E-state index in [9.17, 15) is 29.2 Å². The number of fused-ring (bicyclic) bond motifs is 1. The van der Waals surface area contributed by atoms with Crippen LogP contribution in [0.1, 0.15) is 59.6 Å². The minimum absolute atomic E-state index is 0.0528. The molecular formula is C28H42ClN6O13P. The number of likely N-dealkylation sites (N-methyl/N-ethyl adjacent to an activating group) is 1. The first-order valence-corrected chi connectivity index (χ1v) is 17.7. The topological polar surface area (TPSA) is 232 Å². The maximum atomic E-state index is 13.5. The van der Waals surface area contributed by atoms with E-state index in [-0.39, 0.29) is 23.5 Å². The molecule has 3 heterocycles. The number of hydrogen-bond donors (Lipinski definition) is 3. The van der Waals surface area contributed by atoms with Gasteiger partial charge in [0.1, 0.15) is 24.5 Å². The number of carbonyl (C=O) groups excluding carboxylic acids is 3. The third kappa shape index (κ3) is 10.6. The number of nitrogens with zero attached hydrogens (tertiary/aromatic N) is 5. The van der Waals surface area contributed by atoms with Crippen molar-refractivity contribution in [2.24, 2.45) is 0 Å². The molecule has 2 aromatic heterocycles. The van der Waals surface area contributed by atoms with Gasteiger partial charge in [0.25, 0.3) is 0 Å². The molecule has 1 amide bonds. The molecule has 4 atom stereocenters. The van der Waals surface area contributed by atoms with Crippen molar-refractivity contribution in [3.63, 3.8) is 0 Å². The number of imidazole rings is 1. The number of anilines is 1. The molecule has 0 bridgehead atoms. The second-order valence-electron chi connectivity index (χ2n) is 12.0. The molecule has 1 aliphatic carbocycles. The zero-order chi connectivity index (χ0) is 35.9. The SMILES string of the molecule is CC(C)OC(=O)OCOP(=O)(CC(=O)N(C)C[C@H]1O[C@@H](n2cnc3c(NC4CCCC4)nc(Cl)nc32)[C@H](O)[C@@H]1O)OCOC(=O)OC(C)C. The highest BCUT2D eigenvalue weighted by Crippen LogP contribution is 2.48. The first-order valence-electron chi connectivity index (χ1n) is 15.6. The first-order chi connectivity index (χ1) is 23.2. The van der Waals surface area contributed by atoms with Gasteiger partial charge in [0.2, 0.25) is 24.8 Å². The molecule has 2 aromatic rings. The monoisotopic (exact) mass is 736 g/mol. The maximum Gasteiger partial charge on any atom is 0.510 e. The third-order valence-electron chi connectivity index (χ3n) is 7.43. The lowest BCUT2D eigenvalue weighted by atomic mass is 10.1. The van der Waals surface area contributed by atoms with Crippen LogP contribution >= 0.6 is 19.2 Å². The summed E-state index contributed by atoms with van der Waals surface area (Å²) in [6.07, 6.45) is -3.85. The lowest BCUT2D eigenvalue weighted by molar-refractivity contribution is -0.130. The molecule has 49 heavy (non-hydrogen) atoms. The van der Waals surface area contributed by atoms with Gasteiger partial charge >= 0.3 is 19.9 Å². The highest BCUT2D eigenvalue weighted by atomic mass is 35.5. The van der Waals surface area contributed by atoms with Crippen LogP contribution in [0.5, 0.6) is 0 Å². The summed E-state index contributed by atoms with van der Waals surface area (Å²) in [6, 6.07) is 0.209. The minimum atomic E-state index is -4.44. The van der Waals surface area contributed by atoms with Crippen LogP contribution in [0.3, 0.4) is 0 Å². The third-order valence-corrected chi connectivity index (χ3v) is 9.25. The molecule has 4 rings (SSSR count). The summed E-state index contributed by atoms with van der Waals surface area (Å²) in [5, 5.41) is 25.1. The lowest BCUT2D eigenvalue weighted by Gasteiger charge is -2.25. The normalized spacial score (nSPS) is 21.3. The Kier molecular flexibility index (Phi) is 13.4. The van der Waals surface area contributed by atoms with Crippen molar-refractivity contribution in [3.8, 4) is 0 Å². The van der Waals surface area contributed by atoms with Gasteiger partial charge in [-0.1, -0.05) is 12.8 Å². The number of ether oxygens (including phenoxy) is 5. The quantitative estimate of drug-likeness (QED) is 0.103. The van der Waals surface area contributed by atoms with Gasteiger partial charge in [-0.3, -0.25) is 23.0 Å². The summed E-state index contributed by atoms with van der Waals surface area (Å²) in [6.45, 7) is 4.21. The Morgan fingerprint density at radius 2 is 1.63 bits per heavy atom. The highest BCUT2D eigenvalue weighted by Gasteiger charge is 2.45. The summed E-state index contributed by atoms with van der Waals surface area (Å²) in [7, 11) is -3.11. The fraction of sp³-hybridized carbons (Fsp3) is 0.714. The fourth-order valence-corrected chi connectivity index (χ4v) is 6.52. The van der Waals surface area contributed by atoms with Crippen LogP contribution < -0.4 is 5.32 Å². The van der Waals surface area contributed by atoms with Crippen molar-refractivity contribution >= 4 is 54.4 Å². The number of aliphatic hydroxyl groups excluding tert-OH is 2. The zero-order valence-corrected chi connectivity index (χ0v) is 29.4. The van der Waals surface area contributed by atoms with E-state index in [1.807, 2.05) is 0 Å². The number of hydrogen-bond acceptors (Lipinski definition) is 17. The molecule has 19 nitrogen and oxygen atoms in total. The van der Waals surface area contributed by atoms with E-state index in [4.69, 9.17) is 44.3 Å². The molecule has 0 radical (unpaired) electrons. The van der Waals surface area contributed by atoms with Crippen molar-refractivity contribution in [1.29, 1.82) is 0 Å². The summed E-state index contributed by atoms with van der Waals surface area (Å²) in [5.41, 5.74) is 0.659. The number of halogens is 1. The average Bonchev–Trinajstić information content (AvgIpc) is 3.73. The van der Waals surface area contributed by atoms with Crippen molar-refractivity contribution in [2.75, 3.05) is 38.7 Å². The second kappa shape index (κ2) is 17.1. The summed E-state index contributed by atoms with van der Waals surface area (Å²) >= 11 is 6.22. The number of nitrogens with one attached hydrogen (secondary N) is 1. The van der Waals surface area contributed by atoms with Crippen LogP contribution in [0.2, 0.25) is 5.28 Å². The smallest absolute Gasteiger partial charge is 0.432 e. The molecule has 0 spiro atoms. The summed E-state index contributed by atoms with van der Waals surface area (Å²) in [5.74, 6) is -0.379. The Labute approximate surface area is 287 Å². The number of aliphatic hydroxyl groups is 2. The molecule has 274 valence electrons. The second-order valence-corrected chi connectivity index (χ2v) is 14.4. The van der Waals surface area contributed by atoms with Gasteiger partial charge < -0.3 is 44.1 Å². The van der Waals surface area contributed by atoms with Gasteiger partial charge in [-0.2, -0.15) is 9.97 Å². The Morgan fingerprint density at radius 1 is 1.04 bits per heavy atom. The van der Waals surface area contributed by atoms with Gasteiger partial charge in [0, 0.05) is 19.6 Å². The molecule has 1 aliphatic heterocycles. The molecule has 0 aromatic carbocycles. The van der Waals surface area contributed by atoms with Crippen LogP contribution in [0.25, 0.3) is 11.2 Å². The Morgan fingerprint density at radius 3 is 2.20 bits per heavy atom. The first kappa shape index (κ1) is 38.5. The van der Waals surface area contributed by atoms with E-state index < -0.39 is 82.3 Å². The molecular weight excluding hydrogens is 695 g/mol. The van der Waals surface area contributed by atoms with E-state index >= 15 is 0 Å². The van der Waals surface area contributed by atoms with Crippen LogP contribution in [-0.2, 0) is 42.1 Å². The van der Waals surface area contributed by atoms with E-state index in [1.165, 1.54) is 17.9 Å². The van der Waals surface area contributed by atoms with E-state index in [2.05, 4.69) is 20.3 Å². The van der Waals surface area contributed by atoms with Crippen molar-refractivity contribution < 1.29 is 61.9 Å². The van der Waals surface area contributed by atoms with Crippen molar-refractivity contribution in [2.45, 2.75) is 96.2 Å². The molecule has 3 N–H and O–H groups in total. The molecule has 0 unspecified atom stereocenters. The van der Waals surface area contributed by atoms with E-state index in [0.29, 0.717) is 11.3 Å². The van der Waals surface area contributed by atoms with Gasteiger partial charge in [0.15, 0.2) is 23.2 Å². The predicted octanol–water partition coefficient (Wildman–Crippen LogP) is 3.18. The fourth-order valence-electron chi connectivity index (χ4n) is 5.10. The standard InChI is InChI=1S/C28H42ClN6O13P/c1-15(2)46-27(39)42-13-44-49(41,45-14-43-28(40)47-16(3)4)11-19(36)34(5)10-18-21(37)22(38)25(48-18)35-12-30-20-23(31-17-8-6-7-9-17)32-26(29)33-24(20)35/h12,15-18,21-22,25,37-38H,6-11,13-14H2,1-5H3,(H,31,32,33)/t18-,21-,22-,25-/m1/s1. The van der Waals surface area contributed by atoms with Crippen LogP contribution in [0.4, 0.5) is 15.4 Å². The number of carbonyl (C=O) groups is 3. The largest absolute Gasteiger partial charge is 0.510 e. The van der Waals surface area contributed by atoms with Crippen molar-refractivity contribution in [1.82, 2.24) is 24.4 Å². The van der Waals surface area contributed by atoms with Gasteiger partial charge in [0.05, 0.1) is 18.5 Å². The van der Waals surface area contributed by atoms with Crippen LogP contribution in [-0.4, -0.2) is 123 Å². The summed E-state index contributed by atoms with van der Waals surface area (Å²) in [4.78, 5) is 50.7. The zero-order valence-electron chi connectivity index (χ0n) is 27.7. The molecule has 1 saturated heterocycles. The number of aromatic nitrogens is 4. The Balaban J connectivity index is 1.41. The predicted molar refractivity (Wildman–Crippen MR) is 170 cm³/mol. The van der Waals surface area contributed by atoms with E-state index in [0.717, 1.165) is 30.6 Å². The average molecular weight is 737 g/mol. The Bertz CT molecular complexity index is 1470.